The highest BCUT2D eigenvalue weighted by Gasteiger charge is 2.23. The van der Waals surface area contributed by atoms with Crippen LogP contribution in [0.15, 0.2) is 30.9 Å². The van der Waals surface area contributed by atoms with Gasteiger partial charge in [0.25, 0.3) is 5.91 Å². The number of carboxylic acids is 1. The number of methoxy groups -OCH3 is 1. The number of rotatable bonds is 9. The van der Waals surface area contributed by atoms with E-state index in [1.807, 2.05) is 13.8 Å². The number of ether oxygens (including phenoxy) is 2. The van der Waals surface area contributed by atoms with Gasteiger partial charge in [0.1, 0.15) is 13.2 Å². The SMILES string of the molecule is C=CCOc1ccc(C(=O)N(CC(=O)O)C(C)CC)cc1OC. The largest absolute Gasteiger partial charge is 0.493 e. The Labute approximate surface area is 136 Å². The van der Waals surface area contributed by atoms with Crippen LogP contribution in [0.25, 0.3) is 0 Å². The third kappa shape index (κ3) is 5.02. The number of hydrogen-bond donors (Lipinski definition) is 1. The van der Waals surface area contributed by atoms with Gasteiger partial charge in [-0.3, -0.25) is 9.59 Å². The van der Waals surface area contributed by atoms with Crippen LogP contribution in [-0.2, 0) is 4.79 Å². The molecule has 0 aromatic heterocycles. The number of carboxylic acid groups (broad SMARTS) is 1. The molecule has 0 spiro atoms. The van der Waals surface area contributed by atoms with Crippen LogP contribution in [0.2, 0.25) is 0 Å². The summed E-state index contributed by atoms with van der Waals surface area (Å²) in [6.07, 6.45) is 2.27. The fourth-order valence-corrected chi connectivity index (χ4v) is 2.03. The van der Waals surface area contributed by atoms with Gasteiger partial charge < -0.3 is 19.5 Å². The van der Waals surface area contributed by atoms with E-state index in [1.165, 1.54) is 12.0 Å². The average molecular weight is 321 g/mol. The zero-order valence-electron chi connectivity index (χ0n) is 13.7. The molecule has 1 atom stereocenters. The topological polar surface area (TPSA) is 76.1 Å². The third-order valence-electron chi connectivity index (χ3n) is 3.46. The van der Waals surface area contributed by atoms with E-state index in [9.17, 15) is 9.59 Å². The molecule has 1 amide bonds. The Morgan fingerprint density at radius 1 is 1.39 bits per heavy atom. The van der Waals surface area contributed by atoms with Crippen LogP contribution < -0.4 is 9.47 Å². The first kappa shape index (κ1) is 18.5. The van der Waals surface area contributed by atoms with Crippen molar-refractivity contribution >= 4 is 11.9 Å². The molecule has 0 heterocycles. The summed E-state index contributed by atoms with van der Waals surface area (Å²) in [5, 5.41) is 9.02. The molecule has 0 aliphatic rings. The van der Waals surface area contributed by atoms with Crippen LogP contribution in [0, 0.1) is 0 Å². The molecular formula is C17H23NO5. The lowest BCUT2D eigenvalue weighted by molar-refractivity contribution is -0.138. The Balaban J connectivity index is 3.09. The Kier molecular flexibility index (Phi) is 7.12. The van der Waals surface area contributed by atoms with Crippen molar-refractivity contribution in [2.24, 2.45) is 0 Å². The first-order valence-corrected chi connectivity index (χ1v) is 7.39. The predicted molar refractivity (Wildman–Crippen MR) is 87.1 cm³/mol. The summed E-state index contributed by atoms with van der Waals surface area (Å²) in [6.45, 7) is 7.27. The van der Waals surface area contributed by atoms with Gasteiger partial charge in [-0.1, -0.05) is 19.6 Å². The summed E-state index contributed by atoms with van der Waals surface area (Å²) >= 11 is 0. The number of amides is 1. The maximum absolute atomic E-state index is 12.6. The van der Waals surface area contributed by atoms with Crippen molar-refractivity contribution in [2.45, 2.75) is 26.3 Å². The highest BCUT2D eigenvalue weighted by atomic mass is 16.5. The lowest BCUT2D eigenvalue weighted by Crippen LogP contribution is -2.41. The average Bonchev–Trinajstić information content (AvgIpc) is 2.56. The fourth-order valence-electron chi connectivity index (χ4n) is 2.03. The maximum Gasteiger partial charge on any atom is 0.323 e. The second-order valence-electron chi connectivity index (χ2n) is 5.05. The van der Waals surface area contributed by atoms with Gasteiger partial charge in [-0.05, 0) is 31.5 Å². The first-order chi connectivity index (χ1) is 10.9. The quantitative estimate of drug-likeness (QED) is 0.708. The molecule has 0 saturated carbocycles. The van der Waals surface area contributed by atoms with Crippen molar-refractivity contribution in [3.8, 4) is 11.5 Å². The molecule has 1 aromatic carbocycles. The molecule has 1 rings (SSSR count). The Bertz CT molecular complexity index is 570. The molecule has 1 unspecified atom stereocenters. The number of nitrogens with zero attached hydrogens (tertiary/aromatic N) is 1. The highest BCUT2D eigenvalue weighted by molar-refractivity contribution is 5.96. The zero-order chi connectivity index (χ0) is 17.4. The lowest BCUT2D eigenvalue weighted by Gasteiger charge is -2.27. The van der Waals surface area contributed by atoms with Crippen LogP contribution in [0.3, 0.4) is 0 Å². The number of benzene rings is 1. The molecule has 1 aromatic rings. The van der Waals surface area contributed by atoms with Crippen molar-refractivity contribution in [3.63, 3.8) is 0 Å². The molecule has 23 heavy (non-hydrogen) atoms. The zero-order valence-corrected chi connectivity index (χ0v) is 13.7. The van der Waals surface area contributed by atoms with E-state index < -0.39 is 5.97 Å². The third-order valence-corrected chi connectivity index (χ3v) is 3.46. The van der Waals surface area contributed by atoms with Gasteiger partial charge in [-0.15, -0.1) is 0 Å². The predicted octanol–water partition coefficient (Wildman–Crippen LogP) is 2.59. The second kappa shape index (κ2) is 8.82. The summed E-state index contributed by atoms with van der Waals surface area (Å²) in [4.78, 5) is 25.0. The Hall–Kier alpha value is -2.50. The fraction of sp³-hybridized carbons (Fsp3) is 0.412. The first-order valence-electron chi connectivity index (χ1n) is 7.39. The van der Waals surface area contributed by atoms with Gasteiger partial charge in [-0.25, -0.2) is 0 Å². The maximum atomic E-state index is 12.6. The Morgan fingerprint density at radius 3 is 2.61 bits per heavy atom. The molecule has 0 fully saturated rings. The smallest absolute Gasteiger partial charge is 0.323 e. The van der Waals surface area contributed by atoms with Crippen LogP contribution >= 0.6 is 0 Å². The minimum Gasteiger partial charge on any atom is -0.493 e. The van der Waals surface area contributed by atoms with Crippen molar-refractivity contribution in [1.82, 2.24) is 4.90 Å². The highest BCUT2D eigenvalue weighted by Crippen LogP contribution is 2.29. The number of hydrogen-bond acceptors (Lipinski definition) is 4. The van der Waals surface area contributed by atoms with E-state index in [0.29, 0.717) is 30.1 Å². The van der Waals surface area contributed by atoms with Gasteiger partial charge in [0.15, 0.2) is 11.5 Å². The van der Waals surface area contributed by atoms with E-state index in [0.717, 1.165) is 0 Å². The summed E-state index contributed by atoms with van der Waals surface area (Å²) in [7, 11) is 1.48. The van der Waals surface area contributed by atoms with Gasteiger partial charge in [-0.2, -0.15) is 0 Å². The molecule has 6 nitrogen and oxygen atoms in total. The second-order valence-corrected chi connectivity index (χ2v) is 5.05. The minimum atomic E-state index is -1.04. The van der Waals surface area contributed by atoms with Gasteiger partial charge in [0.2, 0.25) is 0 Å². The van der Waals surface area contributed by atoms with Crippen LogP contribution in [0.5, 0.6) is 11.5 Å². The molecule has 1 N–H and O–H groups in total. The molecule has 0 saturated heterocycles. The Morgan fingerprint density at radius 2 is 2.09 bits per heavy atom. The lowest BCUT2D eigenvalue weighted by atomic mass is 10.1. The summed E-state index contributed by atoms with van der Waals surface area (Å²) in [5.74, 6) is -0.485. The molecule has 0 bridgehead atoms. The van der Waals surface area contributed by atoms with Crippen molar-refractivity contribution in [1.29, 1.82) is 0 Å². The van der Waals surface area contributed by atoms with Crippen LogP contribution in [0.4, 0.5) is 0 Å². The van der Waals surface area contributed by atoms with E-state index in [-0.39, 0.29) is 18.5 Å². The van der Waals surface area contributed by atoms with E-state index in [1.54, 1.807) is 24.3 Å². The van der Waals surface area contributed by atoms with Crippen molar-refractivity contribution in [2.75, 3.05) is 20.3 Å². The molecule has 0 aliphatic carbocycles. The van der Waals surface area contributed by atoms with Gasteiger partial charge in [0.05, 0.1) is 7.11 Å². The minimum absolute atomic E-state index is 0.179. The van der Waals surface area contributed by atoms with E-state index in [2.05, 4.69) is 6.58 Å². The molecule has 6 heteroatoms. The molecular weight excluding hydrogens is 298 g/mol. The number of carbonyl (C=O) groups is 2. The van der Waals surface area contributed by atoms with E-state index in [4.69, 9.17) is 14.6 Å². The van der Waals surface area contributed by atoms with Crippen LogP contribution in [0.1, 0.15) is 30.6 Å². The van der Waals surface area contributed by atoms with Crippen molar-refractivity contribution < 1.29 is 24.2 Å². The molecule has 126 valence electrons. The normalized spacial score (nSPS) is 11.4. The standard InChI is InChI=1S/C17H23NO5/c1-5-9-23-14-8-7-13(10-15(14)22-4)17(21)18(11-16(19)20)12(3)6-2/h5,7-8,10,12H,1,6,9,11H2,2-4H3,(H,19,20). The molecule has 0 aliphatic heterocycles. The monoisotopic (exact) mass is 321 g/mol. The van der Waals surface area contributed by atoms with Gasteiger partial charge >= 0.3 is 5.97 Å². The molecule has 0 radical (unpaired) electrons. The summed E-state index contributed by atoms with van der Waals surface area (Å²) in [5.41, 5.74) is 0.356. The van der Waals surface area contributed by atoms with E-state index >= 15 is 0 Å². The number of aliphatic carboxylic acids is 1. The summed E-state index contributed by atoms with van der Waals surface area (Å²) in [6, 6.07) is 4.60. The van der Waals surface area contributed by atoms with Crippen LogP contribution in [-0.4, -0.2) is 48.2 Å². The summed E-state index contributed by atoms with van der Waals surface area (Å²) < 4.78 is 10.7. The van der Waals surface area contributed by atoms with Crippen molar-refractivity contribution in [3.05, 3.63) is 36.4 Å². The number of carbonyl (C=O) groups excluding carboxylic acids is 1. The van der Waals surface area contributed by atoms with Gasteiger partial charge in [0, 0.05) is 11.6 Å².